The Morgan fingerprint density at radius 3 is 2.62 bits per heavy atom. The number of aromatic nitrogens is 2. The molecule has 0 aliphatic carbocycles. The van der Waals surface area contributed by atoms with Crippen LogP contribution >= 0.6 is 0 Å². The zero-order chi connectivity index (χ0) is 26.5. The molecule has 1 atom stereocenters. The number of nitrogens with zero attached hydrogens (tertiary/aromatic N) is 3. The molecule has 0 saturated carbocycles. The van der Waals surface area contributed by atoms with Crippen LogP contribution in [-0.2, 0) is 14.3 Å². The number of rotatable bonds is 11. The second-order valence-electron chi connectivity index (χ2n) is 8.80. The molecular formula is C28H33N3O6. The van der Waals surface area contributed by atoms with Crippen molar-refractivity contribution >= 4 is 23.1 Å². The van der Waals surface area contributed by atoms with Crippen molar-refractivity contribution < 1.29 is 28.9 Å². The van der Waals surface area contributed by atoms with Crippen molar-refractivity contribution in [3.05, 3.63) is 65.1 Å². The lowest BCUT2D eigenvalue weighted by atomic mass is 9.96. The van der Waals surface area contributed by atoms with E-state index in [1.807, 2.05) is 25.1 Å². The quantitative estimate of drug-likeness (QED) is 0.179. The number of unbranched alkanes of at least 4 members (excludes halogenated alkanes) is 1. The molecule has 0 radical (unpaired) electrons. The highest BCUT2D eigenvalue weighted by Crippen LogP contribution is 2.42. The molecule has 2 aromatic heterocycles. The van der Waals surface area contributed by atoms with Gasteiger partial charge < -0.3 is 24.2 Å². The van der Waals surface area contributed by atoms with E-state index in [1.165, 1.54) is 12.0 Å². The van der Waals surface area contributed by atoms with E-state index >= 15 is 0 Å². The van der Waals surface area contributed by atoms with E-state index in [0.717, 1.165) is 12.8 Å². The molecule has 0 spiro atoms. The topological polar surface area (TPSA) is 103 Å². The Morgan fingerprint density at radius 1 is 1.08 bits per heavy atom. The summed E-state index contributed by atoms with van der Waals surface area (Å²) in [7, 11) is 1.53. The molecule has 1 N–H and O–H groups in total. The number of aliphatic hydroxyl groups excluding tert-OH is 1. The fourth-order valence-electron chi connectivity index (χ4n) is 4.58. The molecule has 1 saturated heterocycles. The molecule has 1 aromatic carbocycles. The minimum Gasteiger partial charge on any atom is -0.505 e. The predicted molar refractivity (Wildman–Crippen MR) is 139 cm³/mol. The van der Waals surface area contributed by atoms with E-state index in [0.29, 0.717) is 47.3 Å². The molecule has 9 heteroatoms. The van der Waals surface area contributed by atoms with Crippen LogP contribution in [0.3, 0.4) is 0 Å². The molecule has 1 aliphatic rings. The summed E-state index contributed by atoms with van der Waals surface area (Å²) in [4.78, 5) is 32.5. The van der Waals surface area contributed by atoms with Crippen LogP contribution in [0.1, 0.15) is 49.7 Å². The van der Waals surface area contributed by atoms with Gasteiger partial charge >= 0.3 is 0 Å². The third-order valence-corrected chi connectivity index (χ3v) is 6.34. The van der Waals surface area contributed by atoms with E-state index in [2.05, 4.69) is 11.9 Å². The van der Waals surface area contributed by atoms with E-state index in [1.54, 1.807) is 35.7 Å². The first-order chi connectivity index (χ1) is 17.9. The predicted octanol–water partition coefficient (Wildman–Crippen LogP) is 4.29. The Labute approximate surface area is 216 Å². The lowest BCUT2D eigenvalue weighted by Crippen LogP contribution is -2.32. The monoisotopic (exact) mass is 507 g/mol. The molecule has 3 heterocycles. The summed E-state index contributed by atoms with van der Waals surface area (Å²) in [5.41, 5.74) is 2.15. The first kappa shape index (κ1) is 26.2. The Hall–Kier alpha value is -3.85. The number of imidazole rings is 1. The smallest absolute Gasteiger partial charge is 0.295 e. The van der Waals surface area contributed by atoms with Gasteiger partial charge in [-0.2, -0.15) is 0 Å². The van der Waals surface area contributed by atoms with Crippen molar-refractivity contribution in [1.29, 1.82) is 0 Å². The molecule has 37 heavy (non-hydrogen) atoms. The number of hydrogen-bond acceptors (Lipinski definition) is 7. The summed E-state index contributed by atoms with van der Waals surface area (Å²) in [6.07, 6.45) is 3.66. The number of aryl methyl sites for hydroxylation is 1. The van der Waals surface area contributed by atoms with Crippen molar-refractivity contribution in [2.75, 3.05) is 33.5 Å². The molecule has 3 aromatic rings. The van der Waals surface area contributed by atoms with Crippen LogP contribution in [0, 0.1) is 6.92 Å². The fourth-order valence-corrected chi connectivity index (χ4v) is 4.58. The van der Waals surface area contributed by atoms with Crippen molar-refractivity contribution in [1.82, 2.24) is 14.3 Å². The Kier molecular flexibility index (Phi) is 8.13. The maximum atomic E-state index is 13.4. The van der Waals surface area contributed by atoms with Gasteiger partial charge in [-0.25, -0.2) is 4.98 Å². The molecule has 4 rings (SSSR count). The fraction of sp³-hybridized carbons (Fsp3) is 0.393. The Bertz CT molecular complexity index is 1330. The van der Waals surface area contributed by atoms with Crippen molar-refractivity contribution in [2.24, 2.45) is 0 Å². The van der Waals surface area contributed by atoms with Crippen LogP contribution in [0.5, 0.6) is 11.5 Å². The van der Waals surface area contributed by atoms with Crippen molar-refractivity contribution in [2.45, 2.75) is 39.7 Å². The SMILES string of the molecule is CCCCOc1ccc(C2/C(=C(\O)c3c(C)nc4ccccn34)C(=O)C(=O)N2CCOC)cc1OCC. The number of carbonyl (C=O) groups excluding carboxylic acids is 2. The highest BCUT2D eigenvalue weighted by atomic mass is 16.5. The second kappa shape index (κ2) is 11.5. The van der Waals surface area contributed by atoms with Gasteiger partial charge in [0.2, 0.25) is 0 Å². The van der Waals surface area contributed by atoms with Gasteiger partial charge in [0.15, 0.2) is 17.3 Å². The van der Waals surface area contributed by atoms with Crippen LogP contribution in [0.4, 0.5) is 0 Å². The number of Topliss-reactive ketones (excluding diaryl/α,β-unsaturated/α-hetero) is 1. The zero-order valence-corrected chi connectivity index (χ0v) is 21.7. The maximum Gasteiger partial charge on any atom is 0.295 e. The normalized spacial score (nSPS) is 17.1. The Morgan fingerprint density at radius 2 is 1.89 bits per heavy atom. The van der Waals surface area contributed by atoms with Gasteiger partial charge in [-0.15, -0.1) is 0 Å². The van der Waals surface area contributed by atoms with Gasteiger partial charge in [-0.1, -0.05) is 25.5 Å². The third-order valence-electron chi connectivity index (χ3n) is 6.34. The number of methoxy groups -OCH3 is 1. The van der Waals surface area contributed by atoms with Crippen molar-refractivity contribution in [3.63, 3.8) is 0 Å². The standard InChI is InChI=1S/C28H33N3O6/c1-5-7-15-37-20-12-11-19(17-21(20)36-6-2)25-23(27(33)28(34)31(25)14-16-35-4)26(32)24-18(3)29-22-10-8-9-13-30(22)24/h8-13,17,25,32H,5-7,14-16H2,1-4H3/b26-23+. The van der Waals surface area contributed by atoms with Crippen LogP contribution in [0.2, 0.25) is 0 Å². The average molecular weight is 508 g/mol. The minimum absolute atomic E-state index is 0.00282. The van der Waals surface area contributed by atoms with Gasteiger partial charge in [-0.05, 0) is 50.1 Å². The second-order valence-corrected chi connectivity index (χ2v) is 8.80. The van der Waals surface area contributed by atoms with Crippen LogP contribution in [0.25, 0.3) is 11.4 Å². The summed E-state index contributed by atoms with van der Waals surface area (Å²) in [5, 5.41) is 11.6. The van der Waals surface area contributed by atoms with Gasteiger partial charge in [0.05, 0.1) is 37.1 Å². The molecule has 9 nitrogen and oxygen atoms in total. The van der Waals surface area contributed by atoms with E-state index in [4.69, 9.17) is 14.2 Å². The average Bonchev–Trinajstić information content (AvgIpc) is 3.36. The van der Waals surface area contributed by atoms with E-state index in [-0.39, 0.29) is 24.5 Å². The van der Waals surface area contributed by atoms with Crippen LogP contribution in [-0.4, -0.2) is 64.6 Å². The number of carbonyl (C=O) groups is 2. The molecule has 1 amide bonds. The first-order valence-electron chi connectivity index (χ1n) is 12.5. The number of likely N-dealkylation sites (tertiary alicyclic amines) is 1. The van der Waals surface area contributed by atoms with Gasteiger partial charge in [0, 0.05) is 19.9 Å². The molecule has 1 aliphatic heterocycles. The van der Waals surface area contributed by atoms with Gasteiger partial charge in [-0.3, -0.25) is 14.0 Å². The van der Waals surface area contributed by atoms with Gasteiger partial charge in [0.1, 0.15) is 11.3 Å². The summed E-state index contributed by atoms with van der Waals surface area (Å²) in [6.45, 7) is 7.09. The van der Waals surface area contributed by atoms with E-state index < -0.39 is 17.7 Å². The number of pyridine rings is 1. The summed E-state index contributed by atoms with van der Waals surface area (Å²) in [5.74, 6) is -0.632. The lowest BCUT2D eigenvalue weighted by Gasteiger charge is -2.26. The highest BCUT2D eigenvalue weighted by molar-refractivity contribution is 6.46. The number of ketones is 1. The summed E-state index contributed by atoms with van der Waals surface area (Å²) < 4.78 is 18.7. The number of benzene rings is 1. The van der Waals surface area contributed by atoms with Crippen LogP contribution < -0.4 is 9.47 Å². The first-order valence-corrected chi connectivity index (χ1v) is 12.5. The molecule has 1 unspecified atom stereocenters. The minimum atomic E-state index is -0.840. The Balaban J connectivity index is 1.88. The summed E-state index contributed by atoms with van der Waals surface area (Å²) >= 11 is 0. The lowest BCUT2D eigenvalue weighted by molar-refractivity contribution is -0.140. The highest BCUT2D eigenvalue weighted by Gasteiger charge is 2.46. The third kappa shape index (κ3) is 5.04. The summed E-state index contributed by atoms with van der Waals surface area (Å²) in [6, 6.07) is 9.98. The van der Waals surface area contributed by atoms with Crippen LogP contribution in [0.15, 0.2) is 48.2 Å². The number of hydrogen-bond donors (Lipinski definition) is 1. The molecule has 1 fully saturated rings. The molecular weight excluding hydrogens is 474 g/mol. The van der Waals surface area contributed by atoms with Crippen molar-refractivity contribution in [3.8, 4) is 11.5 Å². The number of fused-ring (bicyclic) bond motifs is 1. The number of ether oxygens (including phenoxy) is 3. The number of aliphatic hydroxyl groups is 1. The number of amides is 1. The molecule has 196 valence electrons. The largest absolute Gasteiger partial charge is 0.505 e. The van der Waals surface area contributed by atoms with Gasteiger partial charge in [0.25, 0.3) is 11.7 Å². The maximum absolute atomic E-state index is 13.4. The van der Waals surface area contributed by atoms with E-state index in [9.17, 15) is 14.7 Å². The zero-order valence-electron chi connectivity index (χ0n) is 21.7. The molecule has 0 bridgehead atoms.